The lowest BCUT2D eigenvalue weighted by Gasteiger charge is -1.98. The van der Waals surface area contributed by atoms with Crippen molar-refractivity contribution in [3.05, 3.63) is 0 Å². The first-order chi connectivity index (χ1) is 4.72. The summed E-state index contributed by atoms with van der Waals surface area (Å²) in [5, 5.41) is 2.56. The van der Waals surface area contributed by atoms with Crippen LogP contribution in [-0.4, -0.2) is 23.6 Å². The third-order valence-corrected chi connectivity index (χ3v) is 1.42. The number of hydrogen-bond acceptors (Lipinski definition) is 2. The molecule has 0 radical (unpaired) electrons. The Balaban J connectivity index is 3.52. The smallest absolute Gasteiger partial charge is 0.288 e. The third kappa shape index (κ3) is 3.61. The van der Waals surface area contributed by atoms with Crippen LogP contribution in [0.15, 0.2) is 0 Å². The number of carbonyl (C=O) groups is 2. The number of amides is 1. The van der Waals surface area contributed by atoms with Crippen LogP contribution in [0.1, 0.15) is 13.3 Å². The Hall–Kier alpha value is -0.380. The van der Waals surface area contributed by atoms with E-state index in [2.05, 4.69) is 21.2 Å². The first-order valence-corrected chi connectivity index (χ1v) is 4.21. The van der Waals surface area contributed by atoms with E-state index in [-0.39, 0.29) is 5.33 Å². The Kier molecular flexibility index (Phi) is 5.20. The van der Waals surface area contributed by atoms with E-state index in [1.54, 1.807) is 0 Å². The van der Waals surface area contributed by atoms with Crippen molar-refractivity contribution in [2.75, 3.05) is 11.9 Å². The highest BCUT2D eigenvalue weighted by Crippen LogP contribution is 1.82. The van der Waals surface area contributed by atoms with Crippen molar-refractivity contribution in [2.24, 2.45) is 0 Å². The maximum atomic E-state index is 10.6. The monoisotopic (exact) mass is 207 g/mol. The fourth-order valence-corrected chi connectivity index (χ4v) is 0.652. The zero-order valence-corrected chi connectivity index (χ0v) is 7.40. The van der Waals surface area contributed by atoms with Gasteiger partial charge in [-0.1, -0.05) is 22.9 Å². The van der Waals surface area contributed by atoms with Crippen LogP contribution in [0.25, 0.3) is 0 Å². The van der Waals surface area contributed by atoms with Crippen LogP contribution in [0.2, 0.25) is 0 Å². The van der Waals surface area contributed by atoms with Gasteiger partial charge in [0.25, 0.3) is 5.91 Å². The van der Waals surface area contributed by atoms with Crippen LogP contribution in [0.4, 0.5) is 0 Å². The van der Waals surface area contributed by atoms with Gasteiger partial charge in [0, 0.05) is 6.54 Å². The molecule has 0 saturated heterocycles. The molecule has 0 saturated carbocycles. The Bertz CT molecular complexity index is 136. The molecule has 58 valence electrons. The van der Waals surface area contributed by atoms with Crippen molar-refractivity contribution < 1.29 is 9.59 Å². The van der Waals surface area contributed by atoms with Gasteiger partial charge < -0.3 is 5.32 Å². The Morgan fingerprint density at radius 1 is 1.50 bits per heavy atom. The van der Waals surface area contributed by atoms with Crippen LogP contribution in [0.5, 0.6) is 0 Å². The first kappa shape index (κ1) is 9.62. The predicted octanol–water partition coefficient (Wildman–Crippen LogP) is 0.477. The lowest BCUT2D eigenvalue weighted by molar-refractivity contribution is -0.136. The Labute approximate surface area is 68.3 Å². The summed E-state index contributed by atoms with van der Waals surface area (Å²) in [4.78, 5) is 21.2. The number of nitrogens with one attached hydrogen (secondary N) is 1. The van der Waals surface area contributed by atoms with Gasteiger partial charge >= 0.3 is 0 Å². The molecule has 0 aliphatic carbocycles. The molecule has 0 rings (SSSR count). The fraction of sp³-hybridized carbons (Fsp3) is 0.667. The molecule has 4 heteroatoms. The van der Waals surface area contributed by atoms with Gasteiger partial charge in [-0.3, -0.25) is 9.59 Å². The Morgan fingerprint density at radius 2 is 2.10 bits per heavy atom. The molecule has 0 unspecified atom stereocenters. The number of ketones is 1. The molecular formula is C6H10BrNO2. The average molecular weight is 208 g/mol. The van der Waals surface area contributed by atoms with E-state index in [0.717, 1.165) is 6.42 Å². The molecule has 0 atom stereocenters. The molecule has 0 fully saturated rings. The van der Waals surface area contributed by atoms with Crippen molar-refractivity contribution >= 4 is 27.6 Å². The molecule has 0 aromatic rings. The quantitative estimate of drug-likeness (QED) is 0.539. The van der Waals surface area contributed by atoms with Crippen LogP contribution in [-0.2, 0) is 9.59 Å². The van der Waals surface area contributed by atoms with Crippen molar-refractivity contribution in [1.29, 1.82) is 0 Å². The number of alkyl halides is 1. The highest BCUT2D eigenvalue weighted by molar-refractivity contribution is 9.09. The molecule has 0 aliphatic rings. The summed E-state index contributed by atoms with van der Waals surface area (Å²) < 4.78 is 0. The van der Waals surface area contributed by atoms with E-state index in [0.29, 0.717) is 6.54 Å². The first-order valence-electron chi connectivity index (χ1n) is 3.09. The summed E-state index contributed by atoms with van der Waals surface area (Å²) in [5.74, 6) is -0.924. The van der Waals surface area contributed by atoms with E-state index >= 15 is 0 Å². The van der Waals surface area contributed by atoms with E-state index in [9.17, 15) is 9.59 Å². The topological polar surface area (TPSA) is 46.2 Å². The largest absolute Gasteiger partial charge is 0.349 e. The zero-order valence-electron chi connectivity index (χ0n) is 5.82. The van der Waals surface area contributed by atoms with Crippen LogP contribution < -0.4 is 5.32 Å². The predicted molar refractivity (Wildman–Crippen MR) is 42.1 cm³/mol. The van der Waals surface area contributed by atoms with Gasteiger partial charge in [0.15, 0.2) is 0 Å². The van der Waals surface area contributed by atoms with Gasteiger partial charge in [0.2, 0.25) is 5.78 Å². The summed E-state index contributed by atoms with van der Waals surface area (Å²) in [6.45, 7) is 2.50. The molecule has 3 nitrogen and oxygen atoms in total. The van der Waals surface area contributed by atoms with E-state index < -0.39 is 11.7 Å². The summed E-state index contributed by atoms with van der Waals surface area (Å²) in [7, 11) is 0. The summed E-state index contributed by atoms with van der Waals surface area (Å²) in [6.07, 6.45) is 0.849. The molecule has 10 heavy (non-hydrogen) atoms. The van der Waals surface area contributed by atoms with Gasteiger partial charge in [0.05, 0.1) is 5.33 Å². The highest BCUT2D eigenvalue weighted by Gasteiger charge is 2.09. The molecule has 1 amide bonds. The second-order valence-electron chi connectivity index (χ2n) is 1.81. The lowest BCUT2D eigenvalue weighted by atomic mass is 10.4. The number of hydrogen-bond donors (Lipinski definition) is 1. The van der Waals surface area contributed by atoms with Gasteiger partial charge in [0.1, 0.15) is 0 Å². The third-order valence-electron chi connectivity index (χ3n) is 0.910. The molecule has 0 heterocycles. The summed E-state index contributed by atoms with van der Waals surface area (Å²) in [6, 6.07) is 0. The minimum absolute atomic E-state index is 0.0997. The molecule has 0 aromatic heterocycles. The standard InChI is InChI=1S/C6H10BrNO2/c1-2-3-8-6(10)5(9)4-7/h2-4H2,1H3,(H,8,10). The van der Waals surface area contributed by atoms with Gasteiger partial charge in [-0.2, -0.15) is 0 Å². The SMILES string of the molecule is CCCNC(=O)C(=O)CBr. The molecule has 0 bridgehead atoms. The molecule has 0 aromatic carbocycles. The van der Waals surface area contributed by atoms with Crippen LogP contribution in [0, 0.1) is 0 Å². The molecule has 0 spiro atoms. The summed E-state index contributed by atoms with van der Waals surface area (Å²) in [5.41, 5.74) is 0. The van der Waals surface area contributed by atoms with E-state index in [1.807, 2.05) is 6.92 Å². The van der Waals surface area contributed by atoms with Gasteiger partial charge in [-0.15, -0.1) is 0 Å². The second kappa shape index (κ2) is 5.41. The minimum atomic E-state index is -0.501. The molecule has 0 aliphatic heterocycles. The van der Waals surface area contributed by atoms with Gasteiger partial charge in [-0.25, -0.2) is 0 Å². The maximum Gasteiger partial charge on any atom is 0.288 e. The number of rotatable bonds is 4. The molecule has 1 N–H and O–H groups in total. The average Bonchev–Trinajstić information content (AvgIpc) is 1.98. The second-order valence-corrected chi connectivity index (χ2v) is 2.37. The number of halogens is 1. The van der Waals surface area contributed by atoms with Gasteiger partial charge in [-0.05, 0) is 6.42 Å². The van der Waals surface area contributed by atoms with Crippen molar-refractivity contribution in [2.45, 2.75) is 13.3 Å². The minimum Gasteiger partial charge on any atom is -0.349 e. The summed E-state index contributed by atoms with van der Waals surface area (Å²) >= 11 is 2.90. The van der Waals surface area contributed by atoms with Crippen LogP contribution in [0.3, 0.4) is 0 Å². The van der Waals surface area contributed by atoms with Crippen molar-refractivity contribution in [1.82, 2.24) is 5.32 Å². The highest BCUT2D eigenvalue weighted by atomic mass is 79.9. The van der Waals surface area contributed by atoms with E-state index in [1.165, 1.54) is 0 Å². The normalized spacial score (nSPS) is 9.00. The zero-order chi connectivity index (χ0) is 7.98. The fourth-order valence-electron chi connectivity index (χ4n) is 0.398. The van der Waals surface area contributed by atoms with Crippen molar-refractivity contribution in [3.8, 4) is 0 Å². The number of Topliss-reactive ketones (excluding diaryl/α,β-unsaturated/α-hetero) is 1. The maximum absolute atomic E-state index is 10.6. The number of carbonyl (C=O) groups excluding carboxylic acids is 2. The molecular weight excluding hydrogens is 198 g/mol. The van der Waals surface area contributed by atoms with Crippen LogP contribution >= 0.6 is 15.9 Å². The Morgan fingerprint density at radius 3 is 2.50 bits per heavy atom. The van der Waals surface area contributed by atoms with E-state index in [4.69, 9.17) is 0 Å². The van der Waals surface area contributed by atoms with Crippen molar-refractivity contribution in [3.63, 3.8) is 0 Å². The lowest BCUT2D eigenvalue weighted by Crippen LogP contribution is -2.32.